The second-order valence-corrected chi connectivity index (χ2v) is 7.88. The molecule has 2 aromatic rings. The van der Waals surface area contributed by atoms with Crippen LogP contribution < -0.4 is 10.4 Å². The zero-order valence-electron chi connectivity index (χ0n) is 18.4. The normalized spacial score (nSPS) is 27.6. The van der Waals surface area contributed by atoms with Gasteiger partial charge in [0.25, 0.3) is 0 Å². The fourth-order valence-electron chi connectivity index (χ4n) is 4.27. The molecule has 32 heavy (non-hydrogen) atoms. The first-order chi connectivity index (χ1) is 15.3. The van der Waals surface area contributed by atoms with E-state index in [1.807, 2.05) is 13.8 Å². The summed E-state index contributed by atoms with van der Waals surface area (Å²) in [5.74, 6) is 0.0294. The van der Waals surface area contributed by atoms with Gasteiger partial charge in [-0.15, -0.1) is 0 Å². The maximum atomic E-state index is 12.5. The fraction of sp³-hybridized carbons (Fsp3) is 0.500. The number of hydrogen-bond acceptors (Lipinski definition) is 10. The Morgan fingerprint density at radius 3 is 2.62 bits per heavy atom. The summed E-state index contributed by atoms with van der Waals surface area (Å²) in [7, 11) is 1.34. The predicted molar refractivity (Wildman–Crippen MR) is 112 cm³/mol. The standard InChI is InChI=1S/C22H25NO9/c1-6-13-9(2)18-19(32-22(26)31-18)21(28-13)29-14-8-7-12-16(24)15(11(4)23-27-5)20(25)30-17(12)10(14)3/h7-9,13,18-19,21,24H,6H2,1-5H3/b23-11+/t9?,13-,18?,19?,21?/m0/s1. The Bertz CT molecular complexity index is 1140. The average Bonchev–Trinajstić information content (AvgIpc) is 3.15. The Labute approximate surface area is 183 Å². The zero-order valence-corrected chi connectivity index (χ0v) is 18.4. The molecule has 172 valence electrons. The van der Waals surface area contributed by atoms with Crippen LogP contribution >= 0.6 is 0 Å². The molecule has 2 aliphatic rings. The van der Waals surface area contributed by atoms with E-state index >= 15 is 0 Å². The molecule has 0 saturated carbocycles. The molecule has 1 aromatic heterocycles. The van der Waals surface area contributed by atoms with Gasteiger partial charge in [-0.05, 0) is 32.4 Å². The van der Waals surface area contributed by atoms with E-state index in [0.717, 1.165) is 0 Å². The van der Waals surface area contributed by atoms with Crippen LogP contribution in [0.5, 0.6) is 11.5 Å². The van der Waals surface area contributed by atoms with Crippen molar-refractivity contribution in [1.82, 2.24) is 0 Å². The summed E-state index contributed by atoms with van der Waals surface area (Å²) in [5.41, 5.74) is -0.0320. The van der Waals surface area contributed by atoms with Gasteiger partial charge >= 0.3 is 11.8 Å². The Morgan fingerprint density at radius 1 is 1.22 bits per heavy atom. The lowest BCUT2D eigenvalue weighted by Crippen LogP contribution is -2.54. The molecule has 0 aliphatic carbocycles. The number of carbonyl (C=O) groups is 1. The molecule has 4 unspecified atom stereocenters. The summed E-state index contributed by atoms with van der Waals surface area (Å²) in [4.78, 5) is 29.0. The highest BCUT2D eigenvalue weighted by molar-refractivity contribution is 6.04. The van der Waals surface area contributed by atoms with E-state index in [1.54, 1.807) is 19.1 Å². The van der Waals surface area contributed by atoms with Crippen molar-refractivity contribution < 1.29 is 38.1 Å². The first-order valence-corrected chi connectivity index (χ1v) is 10.3. The largest absolute Gasteiger partial charge is 0.509 e. The van der Waals surface area contributed by atoms with E-state index in [-0.39, 0.29) is 34.6 Å². The summed E-state index contributed by atoms with van der Waals surface area (Å²) >= 11 is 0. The van der Waals surface area contributed by atoms with Crippen LogP contribution in [0, 0.1) is 12.8 Å². The molecular weight excluding hydrogens is 422 g/mol. The highest BCUT2D eigenvalue weighted by Gasteiger charge is 2.53. The summed E-state index contributed by atoms with van der Waals surface area (Å²) in [6.45, 7) is 7.13. The van der Waals surface area contributed by atoms with Crippen LogP contribution in [0.15, 0.2) is 26.5 Å². The maximum Gasteiger partial charge on any atom is 0.509 e. The lowest BCUT2D eigenvalue weighted by molar-refractivity contribution is -0.226. The molecule has 3 heterocycles. The van der Waals surface area contributed by atoms with Crippen LogP contribution in [0.1, 0.15) is 38.3 Å². The van der Waals surface area contributed by atoms with Crippen LogP contribution in [0.2, 0.25) is 0 Å². The van der Waals surface area contributed by atoms with E-state index in [2.05, 4.69) is 5.16 Å². The van der Waals surface area contributed by atoms with Crippen molar-refractivity contribution >= 4 is 22.8 Å². The molecule has 0 spiro atoms. The van der Waals surface area contributed by atoms with E-state index < -0.39 is 30.3 Å². The highest BCUT2D eigenvalue weighted by Crippen LogP contribution is 2.39. The van der Waals surface area contributed by atoms with Crippen LogP contribution in [-0.2, 0) is 19.0 Å². The molecule has 10 nitrogen and oxygen atoms in total. The maximum absolute atomic E-state index is 12.5. The molecule has 5 atom stereocenters. The number of fused-ring (bicyclic) bond motifs is 2. The summed E-state index contributed by atoms with van der Waals surface area (Å²) in [6.07, 6.45) is -2.37. The minimum Gasteiger partial charge on any atom is -0.506 e. The van der Waals surface area contributed by atoms with Gasteiger partial charge in [0.1, 0.15) is 29.8 Å². The molecule has 2 fully saturated rings. The van der Waals surface area contributed by atoms with Crippen molar-refractivity contribution in [2.45, 2.75) is 58.7 Å². The lowest BCUT2D eigenvalue weighted by atomic mass is 9.89. The van der Waals surface area contributed by atoms with Crippen LogP contribution in [0.4, 0.5) is 4.79 Å². The van der Waals surface area contributed by atoms with Gasteiger partial charge in [0, 0.05) is 11.5 Å². The molecule has 2 saturated heterocycles. The highest BCUT2D eigenvalue weighted by atomic mass is 16.8. The van der Waals surface area contributed by atoms with Crippen LogP contribution in [-0.4, -0.2) is 48.7 Å². The van der Waals surface area contributed by atoms with Crippen molar-refractivity contribution in [3.63, 3.8) is 0 Å². The smallest absolute Gasteiger partial charge is 0.506 e. The minimum absolute atomic E-state index is 0.0561. The van der Waals surface area contributed by atoms with Crippen LogP contribution in [0.3, 0.4) is 0 Å². The van der Waals surface area contributed by atoms with Gasteiger partial charge in [-0.2, -0.15) is 0 Å². The van der Waals surface area contributed by atoms with Crippen molar-refractivity contribution in [1.29, 1.82) is 0 Å². The van der Waals surface area contributed by atoms with Gasteiger partial charge in [0.05, 0.1) is 17.2 Å². The number of benzene rings is 1. The number of aromatic hydroxyl groups is 1. The summed E-state index contributed by atoms with van der Waals surface area (Å²) in [5, 5.41) is 14.7. The first kappa shape index (κ1) is 21.9. The first-order valence-electron chi connectivity index (χ1n) is 10.3. The Balaban J connectivity index is 1.72. The molecule has 4 rings (SSSR count). The monoisotopic (exact) mass is 447 g/mol. The number of ether oxygens (including phenoxy) is 4. The SMILES string of the molecule is CC[C@@H]1OC(Oc2ccc3c(O)c(/C(C)=N/OC)c(=O)oc3c2C)C2OC(=O)OC2C1C. The lowest BCUT2D eigenvalue weighted by Gasteiger charge is -2.39. The number of carbonyl (C=O) groups excluding carboxylic acids is 1. The average molecular weight is 447 g/mol. The minimum atomic E-state index is -0.903. The summed E-state index contributed by atoms with van der Waals surface area (Å²) in [6, 6.07) is 3.19. The second-order valence-electron chi connectivity index (χ2n) is 7.88. The Hall–Kier alpha value is -3.27. The number of nitrogens with zero attached hydrogens (tertiary/aromatic N) is 1. The van der Waals surface area contributed by atoms with Gasteiger partial charge in [0.15, 0.2) is 6.10 Å². The molecule has 1 N–H and O–H groups in total. The van der Waals surface area contributed by atoms with Gasteiger partial charge < -0.3 is 33.3 Å². The van der Waals surface area contributed by atoms with E-state index in [4.69, 9.17) is 28.2 Å². The van der Waals surface area contributed by atoms with E-state index in [9.17, 15) is 14.7 Å². The molecule has 0 bridgehead atoms. The molecule has 2 aliphatic heterocycles. The Kier molecular flexibility index (Phi) is 5.72. The third kappa shape index (κ3) is 3.54. The third-order valence-corrected chi connectivity index (χ3v) is 5.95. The molecule has 1 aromatic carbocycles. The molecule has 0 radical (unpaired) electrons. The van der Waals surface area contributed by atoms with E-state index in [1.165, 1.54) is 14.0 Å². The fourth-order valence-corrected chi connectivity index (χ4v) is 4.27. The second kappa shape index (κ2) is 8.34. The molecular formula is C22H25NO9. The van der Waals surface area contributed by atoms with Crippen molar-refractivity contribution in [2.24, 2.45) is 11.1 Å². The van der Waals surface area contributed by atoms with Gasteiger partial charge in [-0.1, -0.05) is 19.0 Å². The number of hydrogen-bond donors (Lipinski definition) is 1. The van der Waals surface area contributed by atoms with Gasteiger partial charge in [0.2, 0.25) is 12.4 Å². The van der Waals surface area contributed by atoms with E-state index in [0.29, 0.717) is 23.1 Å². The quantitative estimate of drug-likeness (QED) is 0.318. The molecule has 0 amide bonds. The number of aryl methyl sites for hydroxylation is 1. The molecule has 10 heteroatoms. The van der Waals surface area contributed by atoms with Crippen molar-refractivity contribution in [2.75, 3.05) is 7.11 Å². The zero-order chi connectivity index (χ0) is 23.2. The third-order valence-electron chi connectivity index (χ3n) is 5.95. The van der Waals surface area contributed by atoms with Crippen molar-refractivity contribution in [3.05, 3.63) is 33.7 Å². The number of oxime groups is 1. The predicted octanol–water partition coefficient (Wildman–Crippen LogP) is 3.23. The van der Waals surface area contributed by atoms with Crippen molar-refractivity contribution in [3.8, 4) is 11.5 Å². The van der Waals surface area contributed by atoms with Gasteiger partial charge in [-0.3, -0.25) is 0 Å². The summed E-state index contributed by atoms with van der Waals surface area (Å²) < 4.78 is 28.2. The van der Waals surface area contributed by atoms with Gasteiger partial charge in [-0.25, -0.2) is 9.59 Å². The topological polar surface area (TPSA) is 126 Å². The number of rotatable bonds is 5. The Morgan fingerprint density at radius 2 is 1.94 bits per heavy atom. The van der Waals surface area contributed by atoms with Crippen LogP contribution in [0.25, 0.3) is 11.0 Å².